The van der Waals surface area contributed by atoms with Crippen LogP contribution < -0.4 is 0 Å². The predicted octanol–water partition coefficient (Wildman–Crippen LogP) is 7.37. The van der Waals surface area contributed by atoms with Crippen molar-refractivity contribution in [1.29, 1.82) is 0 Å². The van der Waals surface area contributed by atoms with Gasteiger partial charge in [-0.25, -0.2) is 0 Å². The number of nitrogens with zero attached hydrogens (tertiary/aromatic N) is 2. The van der Waals surface area contributed by atoms with Crippen molar-refractivity contribution in [2.24, 2.45) is 11.8 Å². The molecule has 0 N–H and O–H groups in total. The van der Waals surface area contributed by atoms with Crippen molar-refractivity contribution in [3.8, 4) is 0 Å². The molecule has 6 atom stereocenters. The third-order valence-electron chi connectivity index (χ3n) is 9.02. The van der Waals surface area contributed by atoms with Crippen LogP contribution in [0, 0.1) is 11.8 Å². The standard InChI is InChI=1S/C33H50N2O/c1-24(2)32-19-30(29-15-11-8-12-16-29)21-35(32)27(6)18-17-26(5)33-20-31(22-34(33)25(3)4)36-23-28-13-9-7-10-14-28/h7-16,24-27,30-33H,17-23H2,1-6H3. The Balaban J connectivity index is 1.32. The van der Waals surface area contributed by atoms with Crippen molar-refractivity contribution in [3.63, 3.8) is 0 Å². The summed E-state index contributed by atoms with van der Waals surface area (Å²) in [6, 6.07) is 24.3. The average molecular weight is 491 g/mol. The van der Waals surface area contributed by atoms with Crippen LogP contribution in [0.2, 0.25) is 0 Å². The van der Waals surface area contributed by atoms with Crippen LogP contribution in [0.1, 0.15) is 84.3 Å². The minimum Gasteiger partial charge on any atom is -0.372 e. The first-order chi connectivity index (χ1) is 17.3. The van der Waals surface area contributed by atoms with Gasteiger partial charge < -0.3 is 4.74 Å². The van der Waals surface area contributed by atoms with Gasteiger partial charge in [0.2, 0.25) is 0 Å². The van der Waals surface area contributed by atoms with Crippen molar-refractivity contribution in [2.75, 3.05) is 13.1 Å². The lowest BCUT2D eigenvalue weighted by Gasteiger charge is -2.36. The maximum atomic E-state index is 6.40. The largest absolute Gasteiger partial charge is 0.372 e. The lowest BCUT2D eigenvalue weighted by Crippen LogP contribution is -2.42. The maximum absolute atomic E-state index is 6.40. The van der Waals surface area contributed by atoms with Crippen LogP contribution in [0.5, 0.6) is 0 Å². The van der Waals surface area contributed by atoms with Crippen molar-refractivity contribution < 1.29 is 4.74 Å². The normalized spacial score (nSPS) is 27.2. The highest BCUT2D eigenvalue weighted by atomic mass is 16.5. The molecule has 0 aliphatic carbocycles. The second kappa shape index (κ2) is 12.7. The Morgan fingerprint density at radius 3 is 2.06 bits per heavy atom. The van der Waals surface area contributed by atoms with E-state index in [4.69, 9.17) is 4.74 Å². The van der Waals surface area contributed by atoms with Gasteiger partial charge >= 0.3 is 0 Å². The van der Waals surface area contributed by atoms with Crippen LogP contribution in [-0.2, 0) is 11.3 Å². The molecule has 0 saturated carbocycles. The summed E-state index contributed by atoms with van der Waals surface area (Å²) in [6.07, 6.45) is 5.37. The van der Waals surface area contributed by atoms with E-state index in [2.05, 4.69) is 112 Å². The fraction of sp³-hybridized carbons (Fsp3) is 0.636. The van der Waals surface area contributed by atoms with Crippen LogP contribution in [0.25, 0.3) is 0 Å². The van der Waals surface area contributed by atoms with Crippen molar-refractivity contribution in [1.82, 2.24) is 9.80 Å². The Hall–Kier alpha value is -1.68. The average Bonchev–Trinajstić information content (AvgIpc) is 3.53. The molecule has 6 unspecified atom stereocenters. The summed E-state index contributed by atoms with van der Waals surface area (Å²) >= 11 is 0. The monoisotopic (exact) mass is 490 g/mol. The molecule has 2 aromatic rings. The molecule has 2 aromatic carbocycles. The number of likely N-dealkylation sites (tertiary alicyclic amines) is 2. The molecule has 2 fully saturated rings. The summed E-state index contributed by atoms with van der Waals surface area (Å²) in [6.45, 7) is 17.5. The topological polar surface area (TPSA) is 15.7 Å². The summed E-state index contributed by atoms with van der Waals surface area (Å²) < 4.78 is 6.40. The molecule has 0 amide bonds. The third-order valence-corrected chi connectivity index (χ3v) is 9.02. The first-order valence-electron chi connectivity index (χ1n) is 14.5. The Kier molecular flexibility index (Phi) is 9.66. The van der Waals surface area contributed by atoms with Crippen molar-refractivity contribution >= 4 is 0 Å². The van der Waals surface area contributed by atoms with E-state index >= 15 is 0 Å². The van der Waals surface area contributed by atoms with Gasteiger partial charge in [0, 0.05) is 37.3 Å². The van der Waals surface area contributed by atoms with E-state index in [1.165, 1.54) is 36.9 Å². The molecule has 198 valence electrons. The summed E-state index contributed by atoms with van der Waals surface area (Å²) in [5.74, 6) is 2.06. The molecule has 3 nitrogen and oxygen atoms in total. The number of rotatable bonds is 11. The highest BCUT2D eigenvalue weighted by molar-refractivity contribution is 5.22. The quantitative estimate of drug-likeness (QED) is 0.327. The number of benzene rings is 2. The molecule has 0 radical (unpaired) electrons. The Morgan fingerprint density at radius 1 is 0.750 bits per heavy atom. The molecule has 4 rings (SSSR count). The van der Waals surface area contributed by atoms with E-state index in [-0.39, 0.29) is 0 Å². The van der Waals surface area contributed by atoms with Crippen LogP contribution in [-0.4, -0.2) is 53.2 Å². The van der Waals surface area contributed by atoms with E-state index in [1.54, 1.807) is 0 Å². The summed E-state index contributed by atoms with van der Waals surface area (Å²) in [5, 5.41) is 0. The molecule has 0 aromatic heterocycles. The lowest BCUT2D eigenvalue weighted by atomic mass is 9.91. The zero-order valence-electron chi connectivity index (χ0n) is 23.6. The molecule has 2 heterocycles. The van der Waals surface area contributed by atoms with Gasteiger partial charge in [0.25, 0.3) is 0 Å². The summed E-state index contributed by atoms with van der Waals surface area (Å²) in [4.78, 5) is 5.55. The van der Waals surface area contributed by atoms with Gasteiger partial charge in [-0.3, -0.25) is 9.80 Å². The van der Waals surface area contributed by atoms with Crippen LogP contribution in [0.4, 0.5) is 0 Å². The molecule has 36 heavy (non-hydrogen) atoms. The second-order valence-corrected chi connectivity index (χ2v) is 12.3. The zero-order chi connectivity index (χ0) is 25.7. The van der Waals surface area contributed by atoms with Gasteiger partial charge in [-0.1, -0.05) is 81.4 Å². The first kappa shape index (κ1) is 27.4. The predicted molar refractivity (Wildman–Crippen MR) is 152 cm³/mol. The van der Waals surface area contributed by atoms with Crippen molar-refractivity contribution in [3.05, 3.63) is 71.8 Å². The molecule has 2 aliphatic rings. The van der Waals surface area contributed by atoms with Gasteiger partial charge in [-0.15, -0.1) is 0 Å². The van der Waals surface area contributed by atoms with E-state index in [1.807, 2.05) is 0 Å². The van der Waals surface area contributed by atoms with Gasteiger partial charge in [0.15, 0.2) is 0 Å². The molecule has 3 heteroatoms. The summed E-state index contributed by atoms with van der Waals surface area (Å²) in [7, 11) is 0. The summed E-state index contributed by atoms with van der Waals surface area (Å²) in [5.41, 5.74) is 2.80. The number of hydrogen-bond acceptors (Lipinski definition) is 3. The zero-order valence-corrected chi connectivity index (χ0v) is 23.6. The van der Waals surface area contributed by atoms with Crippen molar-refractivity contribution in [2.45, 2.75) is 110 Å². The Labute approximate surface area is 221 Å². The van der Waals surface area contributed by atoms with Crippen LogP contribution in [0.15, 0.2) is 60.7 Å². The van der Waals surface area contributed by atoms with E-state index in [9.17, 15) is 0 Å². The molecule has 0 bridgehead atoms. The minimum absolute atomic E-state index is 0.341. The van der Waals surface area contributed by atoms with Gasteiger partial charge in [-0.2, -0.15) is 0 Å². The molecule has 2 saturated heterocycles. The van der Waals surface area contributed by atoms with Crippen LogP contribution in [0.3, 0.4) is 0 Å². The van der Waals surface area contributed by atoms with E-state index < -0.39 is 0 Å². The fourth-order valence-electron chi connectivity index (χ4n) is 6.79. The molecule has 2 aliphatic heterocycles. The molecular formula is C33H50N2O. The lowest BCUT2D eigenvalue weighted by molar-refractivity contribution is 0.0444. The fourth-order valence-corrected chi connectivity index (χ4v) is 6.79. The highest BCUT2D eigenvalue weighted by Crippen LogP contribution is 2.38. The Bertz CT molecular complexity index is 898. The second-order valence-electron chi connectivity index (χ2n) is 12.3. The first-order valence-corrected chi connectivity index (χ1v) is 14.5. The molecular weight excluding hydrogens is 440 g/mol. The maximum Gasteiger partial charge on any atom is 0.0721 e. The number of ether oxygens (including phenoxy) is 1. The van der Waals surface area contributed by atoms with E-state index in [0.29, 0.717) is 48.0 Å². The third kappa shape index (κ3) is 6.79. The van der Waals surface area contributed by atoms with Gasteiger partial charge in [0.1, 0.15) is 0 Å². The van der Waals surface area contributed by atoms with Crippen LogP contribution >= 0.6 is 0 Å². The molecule has 0 spiro atoms. The minimum atomic E-state index is 0.341. The highest BCUT2D eigenvalue weighted by Gasteiger charge is 2.39. The SMILES string of the molecule is CC(C)C1CC(c2ccccc2)CN1C(C)CCC(C)C1CC(OCc2ccccc2)CN1C(C)C. The number of hydrogen-bond donors (Lipinski definition) is 0. The smallest absolute Gasteiger partial charge is 0.0721 e. The van der Waals surface area contributed by atoms with Gasteiger partial charge in [0.05, 0.1) is 12.7 Å². The Morgan fingerprint density at radius 2 is 1.42 bits per heavy atom. The van der Waals surface area contributed by atoms with Gasteiger partial charge in [-0.05, 0) is 75.3 Å². The van der Waals surface area contributed by atoms with E-state index in [0.717, 1.165) is 19.6 Å².